The van der Waals surface area contributed by atoms with Crippen molar-refractivity contribution in [1.82, 2.24) is 24.6 Å². The second-order valence-electron chi connectivity index (χ2n) is 7.16. The maximum Gasteiger partial charge on any atom is 0.356 e. The zero-order chi connectivity index (χ0) is 21.3. The fraction of sp³-hybridized carbons (Fsp3) is 0.300. The van der Waals surface area contributed by atoms with Gasteiger partial charge < -0.3 is 10.0 Å². The van der Waals surface area contributed by atoms with Crippen LogP contribution in [0.15, 0.2) is 42.0 Å². The highest BCUT2D eigenvalue weighted by Crippen LogP contribution is 2.30. The minimum atomic E-state index is -1.15. The molecule has 0 bridgehead atoms. The first-order chi connectivity index (χ1) is 14.4. The zero-order valence-corrected chi connectivity index (χ0v) is 17.8. The Morgan fingerprint density at radius 1 is 1.30 bits per heavy atom. The summed E-state index contributed by atoms with van der Waals surface area (Å²) in [6, 6.07) is 6.96. The quantitative estimate of drug-likeness (QED) is 0.660. The summed E-state index contributed by atoms with van der Waals surface area (Å²) in [5.74, 6) is -1.15. The number of thiazole rings is 1. The van der Waals surface area contributed by atoms with Crippen molar-refractivity contribution in [3.05, 3.63) is 58.3 Å². The van der Waals surface area contributed by atoms with E-state index in [9.17, 15) is 9.59 Å². The first-order valence-electron chi connectivity index (χ1n) is 9.43. The molecule has 1 aliphatic rings. The van der Waals surface area contributed by atoms with Crippen LogP contribution in [0.1, 0.15) is 23.0 Å². The van der Waals surface area contributed by atoms with E-state index in [-0.39, 0.29) is 17.8 Å². The molecule has 2 aromatic heterocycles. The lowest BCUT2D eigenvalue weighted by Crippen LogP contribution is -2.54. The standard InChI is InChI=1S/C20H20ClN5O3S/c1-13-11-24(7-8-25(13)20(29)26-6-4-17(23-26)19(27)28)12-14-2-3-16(21)15(10-14)18-22-5-9-30-18/h2-6,9-10,13H,7-8,11-12H2,1H3,(H,27,28)/t13-/m0/s1. The number of carboxylic acid groups (broad SMARTS) is 1. The predicted molar refractivity (Wildman–Crippen MR) is 114 cm³/mol. The van der Waals surface area contributed by atoms with Crippen molar-refractivity contribution in [2.45, 2.75) is 19.5 Å². The van der Waals surface area contributed by atoms with Gasteiger partial charge in [0, 0.05) is 55.6 Å². The van der Waals surface area contributed by atoms with E-state index in [1.54, 1.807) is 22.4 Å². The predicted octanol–water partition coefficient (Wildman–Crippen LogP) is 3.53. The van der Waals surface area contributed by atoms with E-state index < -0.39 is 5.97 Å². The van der Waals surface area contributed by atoms with Crippen molar-refractivity contribution < 1.29 is 14.7 Å². The fourth-order valence-electron chi connectivity index (χ4n) is 3.59. The molecule has 1 aliphatic heterocycles. The Balaban J connectivity index is 1.42. The lowest BCUT2D eigenvalue weighted by Gasteiger charge is -2.39. The van der Waals surface area contributed by atoms with Gasteiger partial charge in [-0.05, 0) is 30.7 Å². The van der Waals surface area contributed by atoms with E-state index >= 15 is 0 Å². The van der Waals surface area contributed by atoms with E-state index in [0.29, 0.717) is 24.7 Å². The van der Waals surface area contributed by atoms with Gasteiger partial charge in [-0.1, -0.05) is 17.7 Å². The topological polar surface area (TPSA) is 91.6 Å². The monoisotopic (exact) mass is 445 g/mol. The normalized spacial score (nSPS) is 17.3. The third-order valence-corrected chi connectivity index (χ3v) is 6.20. The molecule has 1 fully saturated rings. The van der Waals surface area contributed by atoms with Crippen LogP contribution in [0.3, 0.4) is 0 Å². The minimum Gasteiger partial charge on any atom is -0.476 e. The summed E-state index contributed by atoms with van der Waals surface area (Å²) in [7, 11) is 0. The summed E-state index contributed by atoms with van der Waals surface area (Å²) in [4.78, 5) is 32.1. The number of aromatic nitrogens is 3. The number of aromatic carboxylic acids is 1. The van der Waals surface area contributed by atoms with Crippen LogP contribution < -0.4 is 0 Å². The molecular weight excluding hydrogens is 426 g/mol. The average Bonchev–Trinajstić information content (AvgIpc) is 3.41. The molecule has 3 aromatic rings. The van der Waals surface area contributed by atoms with Gasteiger partial charge in [-0.25, -0.2) is 14.6 Å². The Bertz CT molecular complexity index is 1070. The van der Waals surface area contributed by atoms with Gasteiger partial charge in [0.15, 0.2) is 5.69 Å². The largest absolute Gasteiger partial charge is 0.476 e. The molecule has 1 aromatic carbocycles. The first-order valence-corrected chi connectivity index (χ1v) is 10.7. The first kappa shape index (κ1) is 20.5. The molecule has 1 saturated heterocycles. The summed E-state index contributed by atoms with van der Waals surface area (Å²) in [6.45, 7) is 4.67. The zero-order valence-electron chi connectivity index (χ0n) is 16.2. The number of carbonyl (C=O) groups excluding carboxylic acids is 1. The van der Waals surface area contributed by atoms with Crippen LogP contribution in [0.25, 0.3) is 10.6 Å². The number of carboxylic acids is 1. The van der Waals surface area contributed by atoms with Crippen molar-refractivity contribution in [2.75, 3.05) is 19.6 Å². The highest BCUT2D eigenvalue weighted by Gasteiger charge is 2.29. The van der Waals surface area contributed by atoms with Crippen molar-refractivity contribution in [3.63, 3.8) is 0 Å². The van der Waals surface area contributed by atoms with E-state index in [2.05, 4.69) is 21.0 Å². The molecule has 8 nitrogen and oxygen atoms in total. The summed E-state index contributed by atoms with van der Waals surface area (Å²) >= 11 is 7.90. The van der Waals surface area contributed by atoms with Crippen molar-refractivity contribution in [3.8, 4) is 10.6 Å². The molecule has 0 radical (unpaired) electrons. The Morgan fingerprint density at radius 3 is 2.80 bits per heavy atom. The molecule has 4 rings (SSSR count). The van der Waals surface area contributed by atoms with Crippen LogP contribution in [0.4, 0.5) is 4.79 Å². The van der Waals surface area contributed by atoms with Gasteiger partial charge >= 0.3 is 12.0 Å². The summed E-state index contributed by atoms with van der Waals surface area (Å²) < 4.78 is 1.09. The maximum atomic E-state index is 12.7. The van der Waals surface area contributed by atoms with Crippen LogP contribution in [-0.4, -0.2) is 67.3 Å². The molecule has 30 heavy (non-hydrogen) atoms. The minimum absolute atomic E-state index is 0.0329. The summed E-state index contributed by atoms with van der Waals surface area (Å²) in [5, 5.41) is 16.3. The molecule has 10 heteroatoms. The van der Waals surface area contributed by atoms with Gasteiger partial charge in [-0.3, -0.25) is 4.90 Å². The van der Waals surface area contributed by atoms with Crippen LogP contribution in [0.2, 0.25) is 5.02 Å². The van der Waals surface area contributed by atoms with Crippen molar-refractivity contribution in [2.24, 2.45) is 0 Å². The number of halogens is 1. The Labute approximate surface area is 182 Å². The Hall–Kier alpha value is -2.75. The number of benzene rings is 1. The molecule has 0 saturated carbocycles. The van der Waals surface area contributed by atoms with Gasteiger partial charge in [0.25, 0.3) is 0 Å². The van der Waals surface area contributed by atoms with Gasteiger partial charge in [-0.15, -0.1) is 11.3 Å². The average molecular weight is 446 g/mol. The molecule has 156 valence electrons. The van der Waals surface area contributed by atoms with Crippen molar-refractivity contribution in [1.29, 1.82) is 0 Å². The molecule has 0 spiro atoms. The molecule has 1 amide bonds. The number of rotatable bonds is 4. The Morgan fingerprint density at radius 2 is 2.13 bits per heavy atom. The lowest BCUT2D eigenvalue weighted by molar-refractivity contribution is 0.0689. The highest BCUT2D eigenvalue weighted by molar-refractivity contribution is 7.13. The molecule has 0 unspecified atom stereocenters. The van der Waals surface area contributed by atoms with Crippen molar-refractivity contribution >= 4 is 34.9 Å². The van der Waals surface area contributed by atoms with E-state index in [0.717, 1.165) is 27.4 Å². The van der Waals surface area contributed by atoms with Crippen LogP contribution in [-0.2, 0) is 6.54 Å². The van der Waals surface area contributed by atoms with Gasteiger partial charge in [0.05, 0.1) is 5.02 Å². The van der Waals surface area contributed by atoms with Gasteiger partial charge in [-0.2, -0.15) is 9.78 Å². The van der Waals surface area contributed by atoms with Gasteiger partial charge in [0.2, 0.25) is 0 Å². The molecule has 0 aliphatic carbocycles. The van der Waals surface area contributed by atoms with E-state index in [4.69, 9.17) is 16.7 Å². The van der Waals surface area contributed by atoms with Crippen LogP contribution >= 0.6 is 22.9 Å². The molecular formula is C20H20ClN5O3S. The van der Waals surface area contributed by atoms with Crippen LogP contribution in [0, 0.1) is 0 Å². The number of nitrogens with zero attached hydrogens (tertiary/aromatic N) is 5. The highest BCUT2D eigenvalue weighted by atomic mass is 35.5. The fourth-order valence-corrected chi connectivity index (χ4v) is 4.52. The summed E-state index contributed by atoms with van der Waals surface area (Å²) in [5.41, 5.74) is 1.92. The number of hydrogen-bond donors (Lipinski definition) is 1. The SMILES string of the molecule is C[C@H]1CN(Cc2ccc(Cl)c(-c3nccs3)c2)CCN1C(=O)n1ccc(C(=O)O)n1. The molecule has 1 atom stereocenters. The van der Waals surface area contributed by atoms with Crippen LogP contribution in [0.5, 0.6) is 0 Å². The second-order valence-corrected chi connectivity index (χ2v) is 8.46. The smallest absolute Gasteiger partial charge is 0.356 e. The molecule has 1 N–H and O–H groups in total. The molecule has 3 heterocycles. The lowest BCUT2D eigenvalue weighted by atomic mass is 10.1. The maximum absolute atomic E-state index is 12.7. The third-order valence-electron chi connectivity index (χ3n) is 5.06. The van der Waals surface area contributed by atoms with Gasteiger partial charge in [0.1, 0.15) is 5.01 Å². The summed E-state index contributed by atoms with van der Waals surface area (Å²) in [6.07, 6.45) is 3.15. The second kappa shape index (κ2) is 8.55. The number of carbonyl (C=O) groups is 2. The van der Waals surface area contributed by atoms with E-state index in [1.807, 2.05) is 24.4 Å². The Kier molecular flexibility index (Phi) is 5.85. The number of hydrogen-bond acceptors (Lipinski definition) is 6. The third kappa shape index (κ3) is 4.23. The van der Waals surface area contributed by atoms with E-state index in [1.165, 1.54) is 12.3 Å². The number of amides is 1. The number of piperazine rings is 1.